The molecule has 0 bridgehead atoms. The van der Waals surface area contributed by atoms with E-state index in [1.807, 2.05) is 0 Å². The lowest BCUT2D eigenvalue weighted by molar-refractivity contribution is 0.0777. The summed E-state index contributed by atoms with van der Waals surface area (Å²) in [5, 5.41) is 6.46. The summed E-state index contributed by atoms with van der Waals surface area (Å²) in [5.74, 6) is -0.802. The molecule has 1 aromatic heterocycles. The molecule has 2 rings (SSSR count). The summed E-state index contributed by atoms with van der Waals surface area (Å²) in [6, 6.07) is 4.30. The third kappa shape index (κ3) is 2.73. The van der Waals surface area contributed by atoms with Gasteiger partial charge in [-0.2, -0.15) is 5.10 Å². The van der Waals surface area contributed by atoms with E-state index >= 15 is 0 Å². The van der Waals surface area contributed by atoms with Gasteiger partial charge in [0.05, 0.1) is 13.3 Å². The lowest BCUT2D eigenvalue weighted by atomic mass is 10.1. The zero-order valence-corrected chi connectivity index (χ0v) is 10.7. The predicted octanol–water partition coefficient (Wildman–Crippen LogP) is 1.83. The van der Waals surface area contributed by atoms with Crippen LogP contribution in [0.3, 0.4) is 0 Å². The van der Waals surface area contributed by atoms with E-state index in [-0.39, 0.29) is 11.3 Å². The Bertz CT molecular complexity index is 569. The monoisotopic (exact) mass is 263 g/mol. The number of benzene rings is 1. The second-order valence-electron chi connectivity index (χ2n) is 4.08. The molecule has 0 aliphatic heterocycles. The van der Waals surface area contributed by atoms with Crippen molar-refractivity contribution >= 4 is 5.91 Å². The van der Waals surface area contributed by atoms with Crippen molar-refractivity contribution in [2.75, 3.05) is 14.2 Å². The first-order valence-corrected chi connectivity index (χ1v) is 5.69. The first-order chi connectivity index (χ1) is 9.13. The van der Waals surface area contributed by atoms with Crippen molar-refractivity contribution in [2.24, 2.45) is 0 Å². The number of amides is 1. The normalized spacial score (nSPS) is 10.3. The van der Waals surface area contributed by atoms with Gasteiger partial charge in [-0.1, -0.05) is 6.07 Å². The van der Waals surface area contributed by atoms with Gasteiger partial charge in [0, 0.05) is 25.4 Å². The average Bonchev–Trinajstić information content (AvgIpc) is 2.90. The molecule has 0 atom stereocenters. The molecule has 6 heteroatoms. The number of rotatable bonds is 4. The molecule has 0 unspecified atom stereocenters. The smallest absolute Gasteiger partial charge is 0.260 e. The van der Waals surface area contributed by atoms with Crippen LogP contribution in [0, 0.1) is 5.82 Å². The van der Waals surface area contributed by atoms with Gasteiger partial charge in [-0.25, -0.2) is 4.39 Å². The van der Waals surface area contributed by atoms with Crippen LogP contribution in [-0.2, 0) is 6.54 Å². The zero-order chi connectivity index (χ0) is 13.8. The summed E-state index contributed by atoms with van der Waals surface area (Å²) < 4.78 is 18.8. The lowest BCUT2D eigenvalue weighted by Gasteiger charge is -2.18. The molecule has 1 aromatic carbocycles. The Balaban J connectivity index is 2.24. The quantitative estimate of drug-likeness (QED) is 0.915. The van der Waals surface area contributed by atoms with Crippen LogP contribution in [0.25, 0.3) is 0 Å². The zero-order valence-electron chi connectivity index (χ0n) is 10.7. The van der Waals surface area contributed by atoms with Crippen LogP contribution in [0.2, 0.25) is 0 Å². The van der Waals surface area contributed by atoms with E-state index in [2.05, 4.69) is 10.2 Å². The summed E-state index contributed by atoms with van der Waals surface area (Å²) >= 11 is 0. The topological polar surface area (TPSA) is 58.2 Å². The SMILES string of the molecule is COc1cccc(F)c1C(=O)N(C)Cc1cn[nH]c1. The van der Waals surface area contributed by atoms with Crippen molar-refractivity contribution in [3.05, 3.63) is 47.5 Å². The molecule has 2 aromatic rings. The molecule has 0 aliphatic carbocycles. The average molecular weight is 263 g/mol. The third-order valence-corrected chi connectivity index (χ3v) is 2.73. The van der Waals surface area contributed by atoms with Gasteiger partial charge in [-0.15, -0.1) is 0 Å². The first kappa shape index (κ1) is 13.1. The van der Waals surface area contributed by atoms with Crippen molar-refractivity contribution < 1.29 is 13.9 Å². The predicted molar refractivity (Wildman–Crippen MR) is 67.3 cm³/mol. The minimum atomic E-state index is -0.594. The van der Waals surface area contributed by atoms with Crippen LogP contribution < -0.4 is 4.74 Å². The molecular formula is C13H14FN3O2. The van der Waals surface area contributed by atoms with Crippen LogP contribution in [0.5, 0.6) is 5.75 Å². The fraction of sp³-hybridized carbons (Fsp3) is 0.231. The molecule has 0 aliphatic rings. The largest absolute Gasteiger partial charge is 0.496 e. The van der Waals surface area contributed by atoms with Gasteiger partial charge in [0.15, 0.2) is 0 Å². The molecular weight excluding hydrogens is 249 g/mol. The lowest BCUT2D eigenvalue weighted by Crippen LogP contribution is -2.27. The van der Waals surface area contributed by atoms with Gasteiger partial charge in [-0.3, -0.25) is 9.89 Å². The molecule has 0 radical (unpaired) electrons. The highest BCUT2D eigenvalue weighted by Crippen LogP contribution is 2.23. The number of carbonyl (C=O) groups is 1. The summed E-state index contributed by atoms with van der Waals surface area (Å²) in [6.45, 7) is 0.340. The standard InChI is InChI=1S/C13H14FN3O2/c1-17(8-9-6-15-16-7-9)13(18)12-10(14)4-3-5-11(12)19-2/h3-7H,8H2,1-2H3,(H,15,16). The Morgan fingerprint density at radius 1 is 1.53 bits per heavy atom. The highest BCUT2D eigenvalue weighted by molar-refractivity contribution is 5.97. The van der Waals surface area contributed by atoms with Gasteiger partial charge in [0.25, 0.3) is 5.91 Å². The van der Waals surface area contributed by atoms with E-state index in [4.69, 9.17) is 4.74 Å². The summed E-state index contributed by atoms with van der Waals surface area (Å²) in [7, 11) is 3.00. The number of nitrogens with zero attached hydrogens (tertiary/aromatic N) is 2. The van der Waals surface area contributed by atoms with E-state index in [1.165, 1.54) is 24.1 Å². The van der Waals surface area contributed by atoms with Crippen molar-refractivity contribution in [3.8, 4) is 5.75 Å². The number of halogens is 1. The van der Waals surface area contributed by atoms with Crippen LogP contribution in [0.1, 0.15) is 15.9 Å². The van der Waals surface area contributed by atoms with Gasteiger partial charge in [0.1, 0.15) is 17.1 Å². The number of hydrogen-bond acceptors (Lipinski definition) is 3. The molecule has 0 saturated heterocycles. The maximum Gasteiger partial charge on any atom is 0.260 e. The van der Waals surface area contributed by atoms with Gasteiger partial charge in [-0.05, 0) is 12.1 Å². The highest BCUT2D eigenvalue weighted by Gasteiger charge is 2.21. The number of H-pyrrole nitrogens is 1. The number of aromatic nitrogens is 2. The van der Waals surface area contributed by atoms with E-state index in [1.54, 1.807) is 25.5 Å². The maximum atomic E-state index is 13.8. The van der Waals surface area contributed by atoms with Crippen LogP contribution in [0.4, 0.5) is 4.39 Å². The molecule has 0 spiro atoms. The van der Waals surface area contributed by atoms with E-state index < -0.39 is 11.7 Å². The second kappa shape index (κ2) is 5.51. The first-order valence-electron chi connectivity index (χ1n) is 5.69. The fourth-order valence-electron chi connectivity index (χ4n) is 1.78. The summed E-state index contributed by atoms with van der Waals surface area (Å²) in [6.07, 6.45) is 3.30. The fourth-order valence-corrected chi connectivity index (χ4v) is 1.78. The maximum absolute atomic E-state index is 13.8. The van der Waals surface area contributed by atoms with Crippen molar-refractivity contribution in [1.82, 2.24) is 15.1 Å². The molecule has 1 amide bonds. The Morgan fingerprint density at radius 2 is 2.32 bits per heavy atom. The third-order valence-electron chi connectivity index (χ3n) is 2.73. The van der Waals surface area contributed by atoms with Crippen molar-refractivity contribution in [2.45, 2.75) is 6.54 Å². The molecule has 0 fully saturated rings. The molecule has 1 N–H and O–H groups in total. The molecule has 5 nitrogen and oxygen atoms in total. The van der Waals surface area contributed by atoms with Crippen molar-refractivity contribution in [1.29, 1.82) is 0 Å². The van der Waals surface area contributed by atoms with Crippen molar-refractivity contribution in [3.63, 3.8) is 0 Å². The minimum absolute atomic E-state index is 0.0593. The van der Waals surface area contributed by atoms with E-state index in [0.717, 1.165) is 5.56 Å². The molecule has 1 heterocycles. The van der Waals surface area contributed by atoms with Crippen LogP contribution in [-0.4, -0.2) is 35.2 Å². The summed E-state index contributed by atoms with van der Waals surface area (Å²) in [5.41, 5.74) is 0.780. The Labute approximate surface area is 110 Å². The Kier molecular flexibility index (Phi) is 3.79. The van der Waals surface area contributed by atoms with Gasteiger partial charge in [0.2, 0.25) is 0 Å². The summed E-state index contributed by atoms with van der Waals surface area (Å²) in [4.78, 5) is 13.7. The Morgan fingerprint density at radius 3 is 2.95 bits per heavy atom. The van der Waals surface area contributed by atoms with Crippen LogP contribution >= 0.6 is 0 Å². The van der Waals surface area contributed by atoms with Crippen LogP contribution in [0.15, 0.2) is 30.6 Å². The molecule has 0 saturated carbocycles. The Hall–Kier alpha value is -2.37. The number of hydrogen-bond donors (Lipinski definition) is 1. The second-order valence-corrected chi connectivity index (χ2v) is 4.08. The number of carbonyl (C=O) groups excluding carboxylic acids is 1. The number of methoxy groups -OCH3 is 1. The molecule has 19 heavy (non-hydrogen) atoms. The van der Waals surface area contributed by atoms with E-state index in [9.17, 15) is 9.18 Å². The number of nitrogens with one attached hydrogen (secondary N) is 1. The van der Waals surface area contributed by atoms with E-state index in [0.29, 0.717) is 6.54 Å². The number of ether oxygens (including phenoxy) is 1. The highest BCUT2D eigenvalue weighted by atomic mass is 19.1. The van der Waals surface area contributed by atoms with Gasteiger partial charge < -0.3 is 9.64 Å². The minimum Gasteiger partial charge on any atom is -0.496 e. The van der Waals surface area contributed by atoms with Gasteiger partial charge >= 0.3 is 0 Å². The number of aromatic amines is 1. The molecule has 100 valence electrons.